The van der Waals surface area contributed by atoms with Gasteiger partial charge in [0.15, 0.2) is 5.82 Å². The van der Waals surface area contributed by atoms with Gasteiger partial charge in [-0.25, -0.2) is 0 Å². The van der Waals surface area contributed by atoms with Gasteiger partial charge >= 0.3 is 0 Å². The first-order valence-electron chi connectivity index (χ1n) is 6.45. The SMILES string of the molecule is CCCCCn1nc(NC(C)=O)c2ccccc21. The fourth-order valence-corrected chi connectivity index (χ4v) is 2.07. The fraction of sp³-hybridized carbons (Fsp3) is 0.429. The van der Waals surface area contributed by atoms with E-state index in [0.717, 1.165) is 23.9 Å². The van der Waals surface area contributed by atoms with Gasteiger partial charge in [0.1, 0.15) is 0 Å². The maximum absolute atomic E-state index is 11.2. The highest BCUT2D eigenvalue weighted by atomic mass is 16.1. The molecule has 0 spiro atoms. The molecule has 0 unspecified atom stereocenters. The molecule has 0 radical (unpaired) electrons. The van der Waals surface area contributed by atoms with Crippen LogP contribution in [0.25, 0.3) is 10.9 Å². The van der Waals surface area contributed by atoms with Crippen LogP contribution in [-0.2, 0) is 11.3 Å². The van der Waals surface area contributed by atoms with E-state index in [2.05, 4.69) is 17.3 Å². The van der Waals surface area contributed by atoms with E-state index in [9.17, 15) is 4.79 Å². The van der Waals surface area contributed by atoms with Crippen LogP contribution in [0.4, 0.5) is 5.82 Å². The Bertz CT molecular complexity index is 545. The molecule has 0 saturated carbocycles. The predicted molar refractivity (Wildman–Crippen MR) is 73.6 cm³/mol. The molecule has 2 aromatic rings. The van der Waals surface area contributed by atoms with Crippen LogP contribution in [0, 0.1) is 0 Å². The Balaban J connectivity index is 2.31. The average molecular weight is 245 g/mol. The molecule has 0 atom stereocenters. The number of nitrogens with one attached hydrogen (secondary N) is 1. The highest BCUT2D eigenvalue weighted by molar-refractivity contribution is 5.98. The van der Waals surface area contributed by atoms with Crippen molar-refractivity contribution in [1.82, 2.24) is 9.78 Å². The highest BCUT2D eigenvalue weighted by Gasteiger charge is 2.10. The maximum Gasteiger partial charge on any atom is 0.222 e. The van der Waals surface area contributed by atoms with Gasteiger partial charge in [0.2, 0.25) is 5.91 Å². The lowest BCUT2D eigenvalue weighted by Gasteiger charge is -2.01. The van der Waals surface area contributed by atoms with Gasteiger partial charge in [0.25, 0.3) is 0 Å². The minimum atomic E-state index is -0.0843. The second-order valence-corrected chi connectivity index (χ2v) is 4.48. The van der Waals surface area contributed by atoms with Crippen LogP contribution in [0.2, 0.25) is 0 Å². The summed E-state index contributed by atoms with van der Waals surface area (Å²) in [5.74, 6) is 0.577. The number of unbranched alkanes of at least 4 members (excludes halogenated alkanes) is 2. The molecule has 0 aliphatic rings. The van der Waals surface area contributed by atoms with E-state index in [4.69, 9.17) is 0 Å². The summed E-state index contributed by atoms with van der Waals surface area (Å²) in [6.45, 7) is 4.59. The van der Waals surface area contributed by atoms with Crippen LogP contribution < -0.4 is 5.32 Å². The summed E-state index contributed by atoms with van der Waals surface area (Å²) in [4.78, 5) is 11.2. The predicted octanol–water partition coefficient (Wildman–Crippen LogP) is 3.18. The lowest BCUT2D eigenvalue weighted by Crippen LogP contribution is -2.07. The third kappa shape index (κ3) is 2.70. The zero-order chi connectivity index (χ0) is 13.0. The molecule has 1 N–H and O–H groups in total. The Morgan fingerprint density at radius 2 is 2.11 bits per heavy atom. The number of hydrogen-bond acceptors (Lipinski definition) is 2. The van der Waals surface area contributed by atoms with Crippen LogP contribution in [0.15, 0.2) is 24.3 Å². The molecular formula is C14H19N3O. The number of amides is 1. The second kappa shape index (κ2) is 5.67. The van der Waals surface area contributed by atoms with Crippen LogP contribution in [0.3, 0.4) is 0 Å². The molecule has 2 rings (SSSR count). The van der Waals surface area contributed by atoms with E-state index < -0.39 is 0 Å². The van der Waals surface area contributed by atoms with Crippen LogP contribution in [-0.4, -0.2) is 15.7 Å². The van der Waals surface area contributed by atoms with Gasteiger partial charge in [0.05, 0.1) is 5.52 Å². The third-order valence-corrected chi connectivity index (χ3v) is 2.93. The Labute approximate surface area is 107 Å². The number of anilines is 1. The lowest BCUT2D eigenvalue weighted by molar-refractivity contribution is -0.114. The van der Waals surface area contributed by atoms with Crippen molar-refractivity contribution < 1.29 is 4.79 Å². The fourth-order valence-electron chi connectivity index (χ4n) is 2.07. The standard InChI is InChI=1S/C14H19N3O/c1-3-4-7-10-17-13-9-6-5-8-12(13)14(16-17)15-11(2)18/h5-6,8-9H,3-4,7,10H2,1-2H3,(H,15,16,18). The molecule has 0 aliphatic carbocycles. The number of fused-ring (bicyclic) bond motifs is 1. The van der Waals surface area contributed by atoms with E-state index in [1.807, 2.05) is 28.9 Å². The molecule has 0 bridgehead atoms. The summed E-state index contributed by atoms with van der Waals surface area (Å²) in [6, 6.07) is 7.99. The minimum Gasteiger partial charge on any atom is -0.309 e. The van der Waals surface area contributed by atoms with Gasteiger partial charge in [0, 0.05) is 18.9 Å². The zero-order valence-electron chi connectivity index (χ0n) is 10.9. The van der Waals surface area contributed by atoms with Gasteiger partial charge in [-0.15, -0.1) is 0 Å². The number of para-hydroxylation sites is 1. The number of rotatable bonds is 5. The number of nitrogens with zero attached hydrogens (tertiary/aromatic N) is 2. The van der Waals surface area contributed by atoms with Crippen molar-refractivity contribution in [1.29, 1.82) is 0 Å². The van der Waals surface area contributed by atoms with Crippen molar-refractivity contribution >= 4 is 22.6 Å². The third-order valence-electron chi connectivity index (χ3n) is 2.93. The smallest absolute Gasteiger partial charge is 0.222 e. The van der Waals surface area contributed by atoms with Gasteiger partial charge < -0.3 is 5.32 Å². The minimum absolute atomic E-state index is 0.0843. The second-order valence-electron chi connectivity index (χ2n) is 4.48. The average Bonchev–Trinajstić information content (AvgIpc) is 2.68. The van der Waals surface area contributed by atoms with Gasteiger partial charge in [-0.2, -0.15) is 5.10 Å². The summed E-state index contributed by atoms with van der Waals surface area (Å²) in [5, 5.41) is 8.28. The summed E-state index contributed by atoms with van der Waals surface area (Å²) < 4.78 is 1.98. The largest absolute Gasteiger partial charge is 0.309 e. The molecule has 1 heterocycles. The lowest BCUT2D eigenvalue weighted by atomic mass is 10.2. The molecule has 1 aromatic carbocycles. The van der Waals surface area contributed by atoms with E-state index in [-0.39, 0.29) is 5.91 Å². The molecule has 0 fully saturated rings. The zero-order valence-corrected chi connectivity index (χ0v) is 10.9. The van der Waals surface area contributed by atoms with Gasteiger partial charge in [-0.1, -0.05) is 31.9 Å². The van der Waals surface area contributed by atoms with Crippen molar-refractivity contribution in [2.45, 2.75) is 39.7 Å². The topological polar surface area (TPSA) is 46.9 Å². The molecule has 1 aromatic heterocycles. The summed E-state index contributed by atoms with van der Waals surface area (Å²) in [6.07, 6.45) is 3.50. The molecule has 0 saturated heterocycles. The maximum atomic E-state index is 11.2. The molecule has 1 amide bonds. The first-order valence-corrected chi connectivity index (χ1v) is 6.45. The summed E-state index contributed by atoms with van der Waals surface area (Å²) >= 11 is 0. The summed E-state index contributed by atoms with van der Waals surface area (Å²) in [7, 11) is 0. The van der Waals surface area contributed by atoms with E-state index in [1.165, 1.54) is 19.8 Å². The van der Waals surface area contributed by atoms with Crippen molar-refractivity contribution in [2.75, 3.05) is 5.32 Å². The first-order chi connectivity index (χ1) is 8.72. The Morgan fingerprint density at radius 1 is 1.33 bits per heavy atom. The molecular weight excluding hydrogens is 226 g/mol. The summed E-state index contributed by atoms with van der Waals surface area (Å²) in [5.41, 5.74) is 1.08. The number of carbonyl (C=O) groups is 1. The van der Waals surface area contributed by atoms with Crippen molar-refractivity contribution in [2.24, 2.45) is 0 Å². The van der Waals surface area contributed by atoms with Crippen molar-refractivity contribution in [3.05, 3.63) is 24.3 Å². The number of benzene rings is 1. The normalized spacial score (nSPS) is 10.8. The molecule has 4 heteroatoms. The Morgan fingerprint density at radius 3 is 2.83 bits per heavy atom. The molecule has 96 valence electrons. The number of aryl methyl sites for hydroxylation is 1. The van der Waals surface area contributed by atoms with Crippen LogP contribution >= 0.6 is 0 Å². The number of aromatic nitrogens is 2. The monoisotopic (exact) mass is 245 g/mol. The molecule has 18 heavy (non-hydrogen) atoms. The van der Waals surface area contributed by atoms with Gasteiger partial charge in [-0.3, -0.25) is 9.48 Å². The number of hydrogen-bond donors (Lipinski definition) is 1. The van der Waals surface area contributed by atoms with E-state index >= 15 is 0 Å². The van der Waals surface area contributed by atoms with Crippen LogP contribution in [0.1, 0.15) is 33.1 Å². The molecule has 4 nitrogen and oxygen atoms in total. The van der Waals surface area contributed by atoms with Gasteiger partial charge in [-0.05, 0) is 18.6 Å². The van der Waals surface area contributed by atoms with Crippen molar-refractivity contribution in [3.8, 4) is 0 Å². The highest BCUT2D eigenvalue weighted by Crippen LogP contribution is 2.23. The number of carbonyl (C=O) groups excluding carboxylic acids is 1. The first kappa shape index (κ1) is 12.6. The van der Waals surface area contributed by atoms with E-state index in [0.29, 0.717) is 5.82 Å². The quantitative estimate of drug-likeness (QED) is 0.822. The Kier molecular flexibility index (Phi) is 3.97. The Hall–Kier alpha value is -1.84. The van der Waals surface area contributed by atoms with Crippen LogP contribution in [0.5, 0.6) is 0 Å². The van der Waals surface area contributed by atoms with Crippen molar-refractivity contribution in [3.63, 3.8) is 0 Å². The molecule has 0 aliphatic heterocycles. The van der Waals surface area contributed by atoms with E-state index in [1.54, 1.807) is 0 Å².